The van der Waals surface area contributed by atoms with Crippen molar-refractivity contribution >= 4 is 11.9 Å². The predicted octanol–water partition coefficient (Wildman–Crippen LogP) is 2.27. The van der Waals surface area contributed by atoms with E-state index >= 15 is 0 Å². The predicted molar refractivity (Wildman–Crippen MR) is 66.9 cm³/mol. The van der Waals surface area contributed by atoms with Crippen molar-refractivity contribution in [2.75, 3.05) is 0 Å². The van der Waals surface area contributed by atoms with Crippen molar-refractivity contribution in [3.05, 3.63) is 29.8 Å². The first kappa shape index (κ1) is 15.9. The number of ether oxygens (including phenoxy) is 1. The molecule has 0 bridgehead atoms. The van der Waals surface area contributed by atoms with Gasteiger partial charge < -0.3 is 15.2 Å². The molecule has 0 saturated carbocycles. The summed E-state index contributed by atoms with van der Waals surface area (Å²) in [6.07, 6.45) is 0.162. The number of carboxylic acid groups (broad SMARTS) is 1. The summed E-state index contributed by atoms with van der Waals surface area (Å²) in [5, 5.41) is 11.1. The first-order chi connectivity index (χ1) is 9.40. The molecule has 1 rings (SSSR count). The normalized spacial score (nSPS) is 12.0. The van der Waals surface area contributed by atoms with Gasteiger partial charge in [-0.2, -0.15) is 8.78 Å². The van der Waals surface area contributed by atoms with Crippen LogP contribution in [0.2, 0.25) is 0 Å². The summed E-state index contributed by atoms with van der Waals surface area (Å²) >= 11 is 0. The van der Waals surface area contributed by atoms with Gasteiger partial charge in [0.05, 0.1) is 5.56 Å². The molecule has 20 heavy (non-hydrogen) atoms. The first-order valence-corrected chi connectivity index (χ1v) is 5.96. The van der Waals surface area contributed by atoms with Gasteiger partial charge in [0.25, 0.3) is 5.91 Å². The lowest BCUT2D eigenvalue weighted by Gasteiger charge is -2.15. The fraction of sp³-hybridized carbons (Fsp3) is 0.385. The molecule has 1 atom stereocenters. The van der Waals surface area contributed by atoms with Crippen LogP contribution in [0.3, 0.4) is 0 Å². The van der Waals surface area contributed by atoms with Crippen molar-refractivity contribution in [2.24, 2.45) is 0 Å². The Balaban J connectivity index is 2.69. The molecular formula is C13H15F2NO4. The molecular weight excluding hydrogens is 272 g/mol. The molecule has 2 N–H and O–H groups in total. The van der Waals surface area contributed by atoms with Crippen LogP contribution in [0.4, 0.5) is 8.78 Å². The maximum atomic E-state index is 12.2. The van der Waals surface area contributed by atoms with E-state index in [-0.39, 0.29) is 24.2 Å². The zero-order chi connectivity index (χ0) is 15.1. The highest BCUT2D eigenvalue weighted by atomic mass is 19.3. The highest BCUT2D eigenvalue weighted by Crippen LogP contribution is 2.20. The minimum Gasteiger partial charge on any atom is -0.481 e. The largest absolute Gasteiger partial charge is 0.481 e. The molecule has 110 valence electrons. The summed E-state index contributed by atoms with van der Waals surface area (Å²) in [6, 6.07) is 5.23. The molecule has 0 spiro atoms. The third-order valence-corrected chi connectivity index (χ3v) is 2.52. The van der Waals surface area contributed by atoms with E-state index in [1.54, 1.807) is 6.92 Å². The van der Waals surface area contributed by atoms with Crippen molar-refractivity contribution < 1.29 is 28.2 Å². The molecule has 1 amide bonds. The van der Waals surface area contributed by atoms with Crippen molar-refractivity contribution in [2.45, 2.75) is 32.4 Å². The van der Waals surface area contributed by atoms with Gasteiger partial charge in [-0.15, -0.1) is 0 Å². The Hall–Kier alpha value is -2.18. The molecule has 1 aromatic rings. The van der Waals surface area contributed by atoms with Gasteiger partial charge in [0.2, 0.25) is 0 Å². The fourth-order valence-electron chi connectivity index (χ4n) is 1.57. The molecule has 0 radical (unpaired) electrons. The van der Waals surface area contributed by atoms with E-state index in [0.717, 1.165) is 0 Å². The number of hydrogen-bond acceptors (Lipinski definition) is 3. The molecule has 0 aliphatic heterocycles. The van der Waals surface area contributed by atoms with Crippen LogP contribution in [0.15, 0.2) is 24.3 Å². The van der Waals surface area contributed by atoms with E-state index in [9.17, 15) is 18.4 Å². The number of para-hydroxylation sites is 1. The average Bonchev–Trinajstić information content (AvgIpc) is 2.36. The van der Waals surface area contributed by atoms with Crippen LogP contribution in [-0.2, 0) is 4.79 Å². The molecule has 1 aromatic carbocycles. The standard InChI is InChI=1S/C13H15F2NO4/c1-8(6-7-11(17)18)16-12(19)9-4-2-3-5-10(9)20-13(14)15/h2-5,8,13H,6-7H2,1H3,(H,16,19)(H,17,18). The fourth-order valence-corrected chi connectivity index (χ4v) is 1.57. The number of carboxylic acids is 1. The quantitative estimate of drug-likeness (QED) is 0.806. The Morgan fingerprint density at radius 3 is 2.60 bits per heavy atom. The molecule has 0 aromatic heterocycles. The summed E-state index contributed by atoms with van der Waals surface area (Å²) < 4.78 is 28.7. The van der Waals surface area contributed by atoms with Crippen LogP contribution in [-0.4, -0.2) is 29.6 Å². The van der Waals surface area contributed by atoms with Gasteiger partial charge in [0.1, 0.15) is 5.75 Å². The summed E-state index contributed by atoms with van der Waals surface area (Å²) in [7, 11) is 0. The lowest BCUT2D eigenvalue weighted by atomic mass is 10.1. The van der Waals surface area contributed by atoms with Crippen LogP contribution in [0, 0.1) is 0 Å². The maximum absolute atomic E-state index is 12.2. The zero-order valence-corrected chi connectivity index (χ0v) is 10.8. The Morgan fingerprint density at radius 2 is 2.00 bits per heavy atom. The van der Waals surface area contributed by atoms with Gasteiger partial charge in [-0.1, -0.05) is 12.1 Å². The van der Waals surface area contributed by atoms with Crippen molar-refractivity contribution in [1.29, 1.82) is 0 Å². The number of rotatable bonds is 7. The number of amides is 1. The third-order valence-electron chi connectivity index (χ3n) is 2.52. The summed E-state index contributed by atoms with van der Waals surface area (Å²) in [4.78, 5) is 22.3. The minimum absolute atomic E-state index is 0.0185. The molecule has 0 saturated heterocycles. The van der Waals surface area contributed by atoms with Gasteiger partial charge in [0.15, 0.2) is 0 Å². The molecule has 0 aliphatic rings. The zero-order valence-electron chi connectivity index (χ0n) is 10.8. The number of aliphatic carboxylic acids is 1. The van der Waals surface area contributed by atoms with Crippen LogP contribution in [0.1, 0.15) is 30.1 Å². The van der Waals surface area contributed by atoms with Gasteiger partial charge in [-0.05, 0) is 25.5 Å². The monoisotopic (exact) mass is 287 g/mol. The van der Waals surface area contributed by atoms with Crippen LogP contribution < -0.4 is 10.1 Å². The number of carbonyl (C=O) groups is 2. The first-order valence-electron chi connectivity index (χ1n) is 5.96. The van der Waals surface area contributed by atoms with Crippen molar-refractivity contribution in [3.63, 3.8) is 0 Å². The second-order valence-corrected chi connectivity index (χ2v) is 4.18. The van der Waals surface area contributed by atoms with Crippen LogP contribution in [0.25, 0.3) is 0 Å². The number of benzene rings is 1. The number of halogens is 2. The Bertz CT molecular complexity index is 479. The molecule has 7 heteroatoms. The van der Waals surface area contributed by atoms with Gasteiger partial charge in [-0.25, -0.2) is 0 Å². The Morgan fingerprint density at radius 1 is 1.35 bits per heavy atom. The smallest absolute Gasteiger partial charge is 0.387 e. The lowest BCUT2D eigenvalue weighted by molar-refractivity contribution is -0.137. The average molecular weight is 287 g/mol. The van der Waals surface area contributed by atoms with Crippen molar-refractivity contribution in [1.82, 2.24) is 5.32 Å². The van der Waals surface area contributed by atoms with E-state index in [0.29, 0.717) is 0 Å². The lowest BCUT2D eigenvalue weighted by Crippen LogP contribution is -2.33. The number of alkyl halides is 2. The van der Waals surface area contributed by atoms with Crippen LogP contribution in [0.5, 0.6) is 5.75 Å². The van der Waals surface area contributed by atoms with Crippen LogP contribution >= 0.6 is 0 Å². The van der Waals surface area contributed by atoms with E-state index in [2.05, 4.69) is 10.1 Å². The van der Waals surface area contributed by atoms with E-state index in [1.165, 1.54) is 24.3 Å². The minimum atomic E-state index is -3.02. The van der Waals surface area contributed by atoms with E-state index < -0.39 is 24.5 Å². The topological polar surface area (TPSA) is 75.6 Å². The number of hydrogen-bond donors (Lipinski definition) is 2. The second-order valence-electron chi connectivity index (χ2n) is 4.18. The second kappa shape index (κ2) is 7.42. The SMILES string of the molecule is CC(CCC(=O)O)NC(=O)c1ccccc1OC(F)F. The van der Waals surface area contributed by atoms with E-state index in [4.69, 9.17) is 5.11 Å². The molecule has 0 heterocycles. The summed E-state index contributed by atoms with van der Waals surface area (Å²) in [5.41, 5.74) is -0.0185. The molecule has 0 aliphatic carbocycles. The van der Waals surface area contributed by atoms with Crippen molar-refractivity contribution in [3.8, 4) is 5.75 Å². The van der Waals surface area contributed by atoms with Gasteiger partial charge in [0, 0.05) is 12.5 Å². The summed E-state index contributed by atoms with van der Waals surface area (Å²) in [5.74, 6) is -1.77. The third kappa shape index (κ3) is 5.21. The highest BCUT2D eigenvalue weighted by Gasteiger charge is 2.17. The van der Waals surface area contributed by atoms with Gasteiger partial charge in [-0.3, -0.25) is 9.59 Å². The molecule has 1 unspecified atom stereocenters. The Kier molecular flexibility index (Phi) is 5.89. The molecule has 0 fully saturated rings. The van der Waals surface area contributed by atoms with E-state index in [1.807, 2.05) is 0 Å². The molecule has 5 nitrogen and oxygen atoms in total. The Labute approximate surface area is 114 Å². The highest BCUT2D eigenvalue weighted by molar-refractivity contribution is 5.97. The summed E-state index contributed by atoms with van der Waals surface area (Å²) in [6.45, 7) is -1.38. The maximum Gasteiger partial charge on any atom is 0.387 e. The number of carbonyl (C=O) groups excluding carboxylic acids is 1. The number of nitrogens with one attached hydrogen (secondary N) is 1. The van der Waals surface area contributed by atoms with Gasteiger partial charge >= 0.3 is 12.6 Å².